The van der Waals surface area contributed by atoms with Crippen molar-refractivity contribution in [2.24, 2.45) is 29.1 Å². The minimum absolute atomic E-state index is 0.128. The fraction of sp³-hybridized carbons (Fsp3) is 0.789. The lowest BCUT2D eigenvalue weighted by molar-refractivity contribution is -0.144. The first-order valence-electron chi connectivity index (χ1n) is 8.98. The summed E-state index contributed by atoms with van der Waals surface area (Å²) in [6, 6.07) is 0. The van der Waals surface area contributed by atoms with E-state index >= 15 is 0 Å². The van der Waals surface area contributed by atoms with Crippen LogP contribution in [0.15, 0.2) is 11.6 Å². The predicted octanol–water partition coefficient (Wildman–Crippen LogP) is 3.06. The molecule has 0 amide bonds. The first-order chi connectivity index (χ1) is 10.6. The monoisotopic (exact) mass is 302 g/mol. The van der Waals surface area contributed by atoms with Gasteiger partial charge in [-0.15, -0.1) is 0 Å². The highest BCUT2D eigenvalue weighted by molar-refractivity contribution is 5.87. The normalized spacial score (nSPS) is 47.5. The summed E-state index contributed by atoms with van der Waals surface area (Å²) < 4.78 is 0. The van der Waals surface area contributed by atoms with E-state index in [0.29, 0.717) is 48.6 Å². The van der Waals surface area contributed by atoms with Crippen molar-refractivity contribution in [2.75, 3.05) is 0 Å². The third-order valence-corrected chi connectivity index (χ3v) is 7.36. The number of aliphatic hydroxyl groups is 1. The van der Waals surface area contributed by atoms with Crippen LogP contribution in [-0.4, -0.2) is 22.8 Å². The summed E-state index contributed by atoms with van der Waals surface area (Å²) in [5.41, 5.74) is 1.09. The third kappa shape index (κ3) is 1.84. The van der Waals surface area contributed by atoms with Crippen LogP contribution in [-0.2, 0) is 9.59 Å². The van der Waals surface area contributed by atoms with Crippen LogP contribution in [0.25, 0.3) is 0 Å². The molecule has 4 aliphatic carbocycles. The molecule has 6 atom stereocenters. The lowest BCUT2D eigenvalue weighted by Gasteiger charge is -2.52. The van der Waals surface area contributed by atoms with Crippen molar-refractivity contribution in [3.05, 3.63) is 11.6 Å². The Bertz CT molecular complexity index is 549. The summed E-state index contributed by atoms with van der Waals surface area (Å²) in [5, 5.41) is 10.5. The maximum absolute atomic E-state index is 13.0. The van der Waals surface area contributed by atoms with Gasteiger partial charge in [0.15, 0.2) is 0 Å². The number of rotatable bonds is 1. The molecule has 1 N–H and O–H groups in total. The second-order valence-corrected chi connectivity index (χ2v) is 7.99. The number of hydrogen-bond acceptors (Lipinski definition) is 3. The van der Waals surface area contributed by atoms with E-state index in [0.717, 1.165) is 32.1 Å². The molecule has 3 fully saturated rings. The van der Waals surface area contributed by atoms with E-state index in [-0.39, 0.29) is 17.4 Å². The molecule has 3 heteroatoms. The molecule has 0 aromatic heterocycles. The number of carbonyl (C=O) groups is 2. The smallest absolute Gasteiger partial charge is 0.137 e. The number of carbonyl (C=O) groups excluding carboxylic acids is 2. The summed E-state index contributed by atoms with van der Waals surface area (Å²) in [6.45, 7) is 2.14. The van der Waals surface area contributed by atoms with Gasteiger partial charge in [0, 0.05) is 30.6 Å². The Hall–Kier alpha value is -0.960. The van der Waals surface area contributed by atoms with Gasteiger partial charge in [0.1, 0.15) is 11.6 Å². The molecule has 0 heterocycles. The van der Waals surface area contributed by atoms with Crippen LogP contribution in [0.4, 0.5) is 0 Å². The van der Waals surface area contributed by atoms with Gasteiger partial charge in [0.2, 0.25) is 0 Å². The Morgan fingerprint density at radius 2 is 2.09 bits per heavy atom. The molecule has 4 aliphatic rings. The van der Waals surface area contributed by atoms with E-state index in [1.54, 1.807) is 0 Å². The molecule has 0 spiro atoms. The first kappa shape index (κ1) is 14.6. The summed E-state index contributed by atoms with van der Waals surface area (Å²) in [6.07, 6.45) is 8.39. The molecule has 3 nitrogen and oxygen atoms in total. The van der Waals surface area contributed by atoms with E-state index in [1.807, 2.05) is 0 Å². The van der Waals surface area contributed by atoms with Gasteiger partial charge in [-0.05, 0) is 49.9 Å². The summed E-state index contributed by atoms with van der Waals surface area (Å²) >= 11 is 0. The molecule has 0 aliphatic heterocycles. The number of allylic oxidation sites excluding steroid dienone is 2. The van der Waals surface area contributed by atoms with Crippen LogP contribution in [0.3, 0.4) is 0 Å². The molecule has 0 aromatic rings. The quantitative estimate of drug-likeness (QED) is 0.757. The third-order valence-electron chi connectivity index (χ3n) is 7.36. The van der Waals surface area contributed by atoms with Crippen LogP contribution in [0.2, 0.25) is 0 Å². The molecule has 1 unspecified atom stereocenters. The van der Waals surface area contributed by atoms with Crippen LogP contribution in [0.1, 0.15) is 58.3 Å². The van der Waals surface area contributed by atoms with Gasteiger partial charge in [0.05, 0.1) is 6.10 Å². The van der Waals surface area contributed by atoms with E-state index in [9.17, 15) is 14.7 Å². The van der Waals surface area contributed by atoms with Gasteiger partial charge >= 0.3 is 0 Å². The lowest BCUT2D eigenvalue weighted by atomic mass is 9.51. The van der Waals surface area contributed by atoms with Crippen LogP contribution in [0.5, 0.6) is 0 Å². The summed E-state index contributed by atoms with van der Waals surface area (Å²) in [7, 11) is 0. The maximum Gasteiger partial charge on any atom is 0.137 e. The number of hydrogen-bond donors (Lipinski definition) is 1. The van der Waals surface area contributed by atoms with Gasteiger partial charge in [-0.1, -0.05) is 18.6 Å². The second-order valence-electron chi connectivity index (χ2n) is 7.99. The first-order valence-corrected chi connectivity index (χ1v) is 8.98. The van der Waals surface area contributed by atoms with E-state index < -0.39 is 0 Å². The molecule has 4 rings (SSSR count). The minimum Gasteiger partial charge on any atom is -0.393 e. The average Bonchev–Trinajstić information content (AvgIpc) is 2.84. The van der Waals surface area contributed by atoms with Crippen molar-refractivity contribution in [3.63, 3.8) is 0 Å². The van der Waals surface area contributed by atoms with Crippen molar-refractivity contribution in [3.8, 4) is 0 Å². The standard InChI is InChI=1S/C19H26O3/c1-2-19-10-16(21)18-13-6-4-12(20)9-11(13)3-5-14(18)15(19)7-8-17(19)22/h3,13-15,17-18,22H,2,4-10H2,1H3/t13-,14-,15-,17?,18+,19-/m0/s1. The van der Waals surface area contributed by atoms with Gasteiger partial charge in [-0.25, -0.2) is 0 Å². The van der Waals surface area contributed by atoms with Crippen molar-refractivity contribution in [2.45, 2.75) is 64.4 Å². The van der Waals surface area contributed by atoms with E-state index in [1.165, 1.54) is 5.57 Å². The average molecular weight is 302 g/mol. The van der Waals surface area contributed by atoms with Crippen LogP contribution >= 0.6 is 0 Å². The SMILES string of the molecule is CC[C@]12CC(=O)[C@H]3[C@@H](CC=C4CC(=O)CC[C@@H]43)[C@@H]1CCC2O. The largest absolute Gasteiger partial charge is 0.393 e. The fourth-order valence-corrected chi connectivity index (χ4v) is 6.31. The van der Waals surface area contributed by atoms with Crippen molar-refractivity contribution in [1.82, 2.24) is 0 Å². The van der Waals surface area contributed by atoms with Gasteiger partial charge in [-0.2, -0.15) is 0 Å². The lowest BCUT2D eigenvalue weighted by Crippen LogP contribution is -2.52. The highest BCUT2D eigenvalue weighted by Gasteiger charge is 2.60. The Kier molecular flexibility index (Phi) is 3.34. The molecule has 0 saturated heterocycles. The molecule has 0 aromatic carbocycles. The Balaban J connectivity index is 1.71. The highest BCUT2D eigenvalue weighted by atomic mass is 16.3. The molecule has 22 heavy (non-hydrogen) atoms. The van der Waals surface area contributed by atoms with Gasteiger partial charge in [0.25, 0.3) is 0 Å². The molecular formula is C19H26O3. The Morgan fingerprint density at radius 3 is 2.86 bits per heavy atom. The number of Topliss-reactive ketones (excluding diaryl/α,β-unsaturated/α-hetero) is 2. The molecular weight excluding hydrogens is 276 g/mol. The number of ketones is 2. The van der Waals surface area contributed by atoms with E-state index in [4.69, 9.17) is 0 Å². The second kappa shape index (κ2) is 5.02. The number of fused-ring (bicyclic) bond motifs is 5. The zero-order chi connectivity index (χ0) is 15.5. The maximum atomic E-state index is 13.0. The van der Waals surface area contributed by atoms with Crippen LogP contribution in [0, 0.1) is 29.1 Å². The van der Waals surface area contributed by atoms with Gasteiger partial charge in [-0.3, -0.25) is 9.59 Å². The summed E-state index contributed by atoms with van der Waals surface area (Å²) in [4.78, 5) is 24.7. The van der Waals surface area contributed by atoms with Crippen LogP contribution < -0.4 is 0 Å². The minimum atomic E-state index is -0.300. The Labute approximate surface area is 132 Å². The number of aliphatic hydroxyl groups excluding tert-OH is 1. The zero-order valence-corrected chi connectivity index (χ0v) is 13.4. The molecule has 3 saturated carbocycles. The predicted molar refractivity (Wildman–Crippen MR) is 83.1 cm³/mol. The molecule has 120 valence electrons. The molecule has 0 radical (unpaired) electrons. The summed E-state index contributed by atoms with van der Waals surface area (Å²) in [5.74, 6) is 2.04. The Morgan fingerprint density at radius 1 is 1.27 bits per heavy atom. The fourth-order valence-electron chi connectivity index (χ4n) is 6.31. The van der Waals surface area contributed by atoms with E-state index in [2.05, 4.69) is 13.0 Å². The van der Waals surface area contributed by atoms with Crippen molar-refractivity contribution in [1.29, 1.82) is 0 Å². The topological polar surface area (TPSA) is 54.4 Å². The van der Waals surface area contributed by atoms with Gasteiger partial charge < -0.3 is 5.11 Å². The van der Waals surface area contributed by atoms with Crippen molar-refractivity contribution >= 4 is 11.6 Å². The molecule has 0 bridgehead atoms. The zero-order valence-electron chi connectivity index (χ0n) is 13.4. The highest BCUT2D eigenvalue weighted by Crippen LogP contribution is 2.61. The van der Waals surface area contributed by atoms with Crippen molar-refractivity contribution < 1.29 is 14.7 Å².